The summed E-state index contributed by atoms with van der Waals surface area (Å²) in [5.41, 5.74) is 5.89. The highest BCUT2D eigenvalue weighted by molar-refractivity contribution is 5.83. The molecular weight excluding hydrogens is 250 g/mol. The maximum atomic E-state index is 12.8. The van der Waals surface area contributed by atoms with Gasteiger partial charge in [-0.25, -0.2) is 0 Å². The molecule has 2 saturated carbocycles. The Morgan fingerprint density at radius 1 is 1.05 bits per heavy atom. The molecule has 3 aliphatic rings. The van der Waals surface area contributed by atoms with E-state index in [-0.39, 0.29) is 11.5 Å². The lowest BCUT2D eigenvalue weighted by Crippen LogP contribution is -2.56. The van der Waals surface area contributed by atoms with Crippen molar-refractivity contribution in [2.75, 3.05) is 26.2 Å². The molecule has 4 nitrogen and oxygen atoms in total. The van der Waals surface area contributed by atoms with Gasteiger partial charge in [0.15, 0.2) is 0 Å². The summed E-state index contributed by atoms with van der Waals surface area (Å²) in [5, 5.41) is 0. The number of carbonyl (C=O) groups is 1. The minimum atomic E-state index is -0.296. The molecule has 2 unspecified atom stereocenters. The maximum absolute atomic E-state index is 12.8. The Balaban J connectivity index is 1.56. The van der Waals surface area contributed by atoms with Crippen molar-refractivity contribution in [3.63, 3.8) is 0 Å². The van der Waals surface area contributed by atoms with Crippen LogP contribution >= 0.6 is 0 Å². The molecule has 0 aromatic heterocycles. The van der Waals surface area contributed by atoms with Crippen LogP contribution in [0.5, 0.6) is 0 Å². The monoisotopic (exact) mass is 279 g/mol. The second kappa shape index (κ2) is 5.64. The third kappa shape index (κ3) is 2.48. The smallest absolute Gasteiger partial charge is 0.230 e. The van der Waals surface area contributed by atoms with Gasteiger partial charge in [0.05, 0.1) is 5.41 Å². The maximum Gasteiger partial charge on any atom is 0.230 e. The van der Waals surface area contributed by atoms with Gasteiger partial charge in [-0.3, -0.25) is 9.69 Å². The van der Waals surface area contributed by atoms with E-state index in [1.54, 1.807) is 0 Å². The fraction of sp³-hybridized carbons (Fsp3) is 0.938. The molecule has 4 heteroatoms. The van der Waals surface area contributed by atoms with E-state index in [4.69, 9.17) is 5.73 Å². The fourth-order valence-electron chi connectivity index (χ4n) is 4.38. The van der Waals surface area contributed by atoms with Crippen LogP contribution in [-0.2, 0) is 4.79 Å². The van der Waals surface area contributed by atoms with Gasteiger partial charge in [-0.1, -0.05) is 19.3 Å². The van der Waals surface area contributed by atoms with E-state index in [2.05, 4.69) is 16.7 Å². The molecule has 1 saturated heterocycles. The van der Waals surface area contributed by atoms with Gasteiger partial charge >= 0.3 is 0 Å². The lowest BCUT2D eigenvalue weighted by molar-refractivity contribution is -0.143. The highest BCUT2D eigenvalue weighted by Crippen LogP contribution is 2.38. The Morgan fingerprint density at radius 3 is 2.25 bits per heavy atom. The van der Waals surface area contributed by atoms with Gasteiger partial charge in [0.25, 0.3) is 0 Å². The van der Waals surface area contributed by atoms with Gasteiger partial charge in [-0.05, 0) is 32.6 Å². The zero-order chi connectivity index (χ0) is 14.2. The number of rotatable bonds is 2. The minimum Gasteiger partial charge on any atom is -0.340 e. The van der Waals surface area contributed by atoms with Crippen LogP contribution in [0.2, 0.25) is 0 Å². The molecule has 1 heterocycles. The highest BCUT2D eigenvalue weighted by Gasteiger charge is 2.45. The Bertz CT molecular complexity index is 359. The first-order chi connectivity index (χ1) is 9.61. The van der Waals surface area contributed by atoms with Crippen LogP contribution in [0, 0.1) is 5.41 Å². The topological polar surface area (TPSA) is 49.6 Å². The fourth-order valence-corrected chi connectivity index (χ4v) is 4.38. The summed E-state index contributed by atoms with van der Waals surface area (Å²) in [4.78, 5) is 17.5. The van der Waals surface area contributed by atoms with Crippen molar-refractivity contribution < 1.29 is 4.79 Å². The molecule has 3 rings (SSSR count). The lowest BCUT2D eigenvalue weighted by atomic mass is 9.83. The summed E-state index contributed by atoms with van der Waals surface area (Å²) < 4.78 is 0. The van der Waals surface area contributed by atoms with Crippen LogP contribution in [-0.4, -0.2) is 54.0 Å². The minimum absolute atomic E-state index is 0.0582. The Kier molecular flexibility index (Phi) is 4.04. The first kappa shape index (κ1) is 14.3. The van der Waals surface area contributed by atoms with Gasteiger partial charge in [-0.15, -0.1) is 0 Å². The number of piperazine rings is 1. The standard InChI is InChI=1S/C16H29N3O/c1-16(8-4-7-14(16)17)15(20)19-11-9-18(10-12-19)13-5-2-3-6-13/h13-14H,2-12,17H2,1H3. The molecule has 0 aromatic rings. The Morgan fingerprint density at radius 2 is 1.70 bits per heavy atom. The molecule has 2 atom stereocenters. The van der Waals surface area contributed by atoms with Crippen LogP contribution in [0.3, 0.4) is 0 Å². The molecule has 0 radical (unpaired) electrons. The number of hydrogen-bond acceptors (Lipinski definition) is 3. The van der Waals surface area contributed by atoms with Crippen molar-refractivity contribution in [2.24, 2.45) is 11.1 Å². The molecular formula is C16H29N3O. The van der Waals surface area contributed by atoms with E-state index in [1.807, 2.05) is 0 Å². The summed E-state index contributed by atoms with van der Waals surface area (Å²) in [6, 6.07) is 0.847. The van der Waals surface area contributed by atoms with Crippen molar-refractivity contribution in [3.05, 3.63) is 0 Å². The summed E-state index contributed by atoms with van der Waals surface area (Å²) in [6.45, 7) is 6.00. The first-order valence-corrected chi connectivity index (χ1v) is 8.40. The van der Waals surface area contributed by atoms with E-state index < -0.39 is 0 Å². The molecule has 0 bridgehead atoms. The number of nitrogens with zero attached hydrogens (tertiary/aromatic N) is 2. The SMILES string of the molecule is CC1(C(=O)N2CCN(C3CCCC3)CC2)CCCC1N. The van der Waals surface area contributed by atoms with Gasteiger partial charge < -0.3 is 10.6 Å². The number of amides is 1. The van der Waals surface area contributed by atoms with Crippen molar-refractivity contribution >= 4 is 5.91 Å². The largest absolute Gasteiger partial charge is 0.340 e. The van der Waals surface area contributed by atoms with Crippen molar-refractivity contribution in [2.45, 2.75) is 64.0 Å². The zero-order valence-corrected chi connectivity index (χ0v) is 12.8. The molecule has 0 spiro atoms. The summed E-state index contributed by atoms with van der Waals surface area (Å²) in [6.07, 6.45) is 8.56. The second-order valence-corrected chi connectivity index (χ2v) is 7.18. The van der Waals surface area contributed by atoms with E-state index in [1.165, 1.54) is 25.7 Å². The summed E-state index contributed by atoms with van der Waals surface area (Å²) >= 11 is 0. The first-order valence-electron chi connectivity index (χ1n) is 8.40. The molecule has 1 amide bonds. The summed E-state index contributed by atoms with van der Waals surface area (Å²) in [5.74, 6) is 0.313. The zero-order valence-electron chi connectivity index (χ0n) is 12.8. The van der Waals surface area contributed by atoms with Gasteiger partial charge in [0.1, 0.15) is 0 Å². The van der Waals surface area contributed by atoms with E-state index >= 15 is 0 Å². The van der Waals surface area contributed by atoms with Gasteiger partial charge in [-0.2, -0.15) is 0 Å². The highest BCUT2D eigenvalue weighted by atomic mass is 16.2. The van der Waals surface area contributed by atoms with Gasteiger partial charge in [0.2, 0.25) is 5.91 Å². The van der Waals surface area contributed by atoms with E-state index in [0.29, 0.717) is 5.91 Å². The molecule has 3 fully saturated rings. The quantitative estimate of drug-likeness (QED) is 0.835. The lowest BCUT2D eigenvalue weighted by Gasteiger charge is -2.41. The molecule has 0 aromatic carbocycles. The molecule has 2 N–H and O–H groups in total. The van der Waals surface area contributed by atoms with Crippen LogP contribution in [0.15, 0.2) is 0 Å². The summed E-state index contributed by atoms with van der Waals surface area (Å²) in [7, 11) is 0. The van der Waals surface area contributed by atoms with Gasteiger partial charge in [0, 0.05) is 38.3 Å². The van der Waals surface area contributed by atoms with Crippen LogP contribution < -0.4 is 5.73 Å². The van der Waals surface area contributed by atoms with Crippen molar-refractivity contribution in [1.82, 2.24) is 9.80 Å². The third-order valence-corrected chi connectivity index (χ3v) is 5.96. The van der Waals surface area contributed by atoms with Crippen LogP contribution in [0.1, 0.15) is 51.9 Å². The predicted octanol–water partition coefficient (Wildman–Crippen LogP) is 1.59. The van der Waals surface area contributed by atoms with E-state index in [9.17, 15) is 4.79 Å². The average Bonchev–Trinajstić information content (AvgIpc) is 3.10. The molecule has 1 aliphatic heterocycles. The predicted molar refractivity (Wildman–Crippen MR) is 80.3 cm³/mol. The number of carbonyl (C=O) groups excluding carboxylic acids is 1. The second-order valence-electron chi connectivity index (χ2n) is 7.18. The molecule has 114 valence electrons. The number of hydrogen-bond donors (Lipinski definition) is 1. The van der Waals surface area contributed by atoms with Crippen LogP contribution in [0.4, 0.5) is 0 Å². The van der Waals surface area contributed by atoms with Crippen molar-refractivity contribution in [1.29, 1.82) is 0 Å². The Labute approximate surface area is 122 Å². The average molecular weight is 279 g/mol. The Hall–Kier alpha value is -0.610. The molecule has 2 aliphatic carbocycles. The van der Waals surface area contributed by atoms with E-state index in [0.717, 1.165) is 51.5 Å². The third-order valence-electron chi connectivity index (χ3n) is 5.96. The molecule has 20 heavy (non-hydrogen) atoms. The normalized spacial score (nSPS) is 36.7. The van der Waals surface area contributed by atoms with Crippen LogP contribution in [0.25, 0.3) is 0 Å². The van der Waals surface area contributed by atoms with Crippen molar-refractivity contribution in [3.8, 4) is 0 Å². The number of nitrogens with two attached hydrogens (primary N) is 1.